The number of carbonyl (C=O) groups excluding carboxylic acids is 1. The molecule has 0 aliphatic rings. The minimum absolute atomic E-state index is 0. The summed E-state index contributed by atoms with van der Waals surface area (Å²) in [6.07, 6.45) is 4.92. The van der Waals surface area contributed by atoms with Gasteiger partial charge in [-0.1, -0.05) is 39.5 Å². The molecule has 0 aromatic heterocycles. The molecule has 2 heteroatoms. The van der Waals surface area contributed by atoms with E-state index in [-0.39, 0.29) is 32.7 Å². The van der Waals surface area contributed by atoms with Crippen LogP contribution in [0.1, 0.15) is 40.0 Å². The fraction of sp³-hybridized carbons (Fsp3) is 0.889. The van der Waals surface area contributed by atoms with Crippen LogP contribution in [0, 0.1) is 11.8 Å². The van der Waals surface area contributed by atoms with Crippen molar-refractivity contribution in [1.82, 2.24) is 0 Å². The molecule has 63 valence electrons. The van der Waals surface area contributed by atoms with Gasteiger partial charge in [-0.05, 0) is 5.92 Å². The molecule has 2 atom stereocenters. The van der Waals surface area contributed by atoms with Gasteiger partial charge in [0.15, 0.2) is 0 Å². The minimum atomic E-state index is 0. The molecule has 0 rings (SSSR count). The summed E-state index contributed by atoms with van der Waals surface area (Å²) in [5.41, 5.74) is 0. The van der Waals surface area contributed by atoms with E-state index in [9.17, 15) is 4.79 Å². The van der Waals surface area contributed by atoms with Crippen LogP contribution in [0.4, 0.5) is 0 Å². The molecule has 0 aliphatic heterocycles. The first-order valence-corrected chi connectivity index (χ1v) is 4.05. The van der Waals surface area contributed by atoms with Gasteiger partial charge in [0.2, 0.25) is 0 Å². The SMILES string of the molecule is CCC(C)CC(C)C[C-]=O.[Y]. The molecular formula is C9H17OY-. The molecule has 0 aliphatic carbocycles. The summed E-state index contributed by atoms with van der Waals surface area (Å²) in [6, 6.07) is 0. The maximum atomic E-state index is 9.96. The van der Waals surface area contributed by atoms with Crippen LogP contribution in [0.2, 0.25) is 0 Å². The van der Waals surface area contributed by atoms with E-state index in [1.54, 1.807) is 0 Å². The van der Waals surface area contributed by atoms with Crippen LogP contribution in [-0.2, 0) is 37.5 Å². The van der Waals surface area contributed by atoms with Gasteiger partial charge in [-0.25, -0.2) is 0 Å². The van der Waals surface area contributed by atoms with Crippen molar-refractivity contribution in [1.29, 1.82) is 0 Å². The Kier molecular flexibility index (Phi) is 11.5. The third-order valence-corrected chi connectivity index (χ3v) is 1.93. The smallest absolute Gasteiger partial charge is 0 e. The summed E-state index contributed by atoms with van der Waals surface area (Å²) in [6.45, 7) is 6.51. The molecule has 2 unspecified atom stereocenters. The fourth-order valence-corrected chi connectivity index (χ4v) is 1.08. The molecule has 11 heavy (non-hydrogen) atoms. The quantitative estimate of drug-likeness (QED) is 0.663. The second kappa shape index (κ2) is 8.87. The summed E-state index contributed by atoms with van der Waals surface area (Å²) in [7, 11) is 0. The van der Waals surface area contributed by atoms with E-state index >= 15 is 0 Å². The van der Waals surface area contributed by atoms with Gasteiger partial charge in [-0.3, -0.25) is 6.29 Å². The van der Waals surface area contributed by atoms with Crippen molar-refractivity contribution in [3.63, 3.8) is 0 Å². The molecular weight excluding hydrogens is 213 g/mol. The van der Waals surface area contributed by atoms with Crippen molar-refractivity contribution >= 4 is 6.29 Å². The van der Waals surface area contributed by atoms with E-state index in [2.05, 4.69) is 20.8 Å². The Balaban J connectivity index is 0. The van der Waals surface area contributed by atoms with E-state index in [0.29, 0.717) is 12.3 Å². The first kappa shape index (κ1) is 14.3. The molecule has 0 fully saturated rings. The Hall–Kier alpha value is 0.774. The standard InChI is InChI=1S/C9H17O.Y/c1-4-8(2)7-9(3)5-6-10;/h8-9H,4-5,7H2,1-3H3;/q-1;. The summed E-state index contributed by atoms with van der Waals surface area (Å²) in [5, 5.41) is 0. The topological polar surface area (TPSA) is 17.1 Å². The molecule has 0 N–H and O–H groups in total. The second-order valence-electron chi connectivity index (χ2n) is 3.20. The van der Waals surface area contributed by atoms with Crippen molar-refractivity contribution in [2.75, 3.05) is 0 Å². The van der Waals surface area contributed by atoms with Gasteiger partial charge < -0.3 is 4.79 Å². The Labute approximate surface area is 95.2 Å². The van der Waals surface area contributed by atoms with Gasteiger partial charge in [0, 0.05) is 32.7 Å². The van der Waals surface area contributed by atoms with Gasteiger partial charge in [0.05, 0.1) is 0 Å². The van der Waals surface area contributed by atoms with Gasteiger partial charge in [-0.15, -0.1) is 6.42 Å². The summed E-state index contributed by atoms with van der Waals surface area (Å²) in [4.78, 5) is 9.96. The molecule has 1 nitrogen and oxygen atoms in total. The van der Waals surface area contributed by atoms with Gasteiger partial charge in [0.1, 0.15) is 0 Å². The van der Waals surface area contributed by atoms with E-state index in [1.807, 2.05) is 6.29 Å². The second-order valence-corrected chi connectivity index (χ2v) is 3.20. The van der Waals surface area contributed by atoms with E-state index in [4.69, 9.17) is 0 Å². The molecule has 0 bridgehead atoms. The number of rotatable bonds is 5. The van der Waals surface area contributed by atoms with Crippen molar-refractivity contribution < 1.29 is 37.5 Å². The van der Waals surface area contributed by atoms with E-state index < -0.39 is 0 Å². The van der Waals surface area contributed by atoms with E-state index in [0.717, 1.165) is 12.3 Å². The molecule has 0 saturated carbocycles. The monoisotopic (exact) mass is 230 g/mol. The van der Waals surface area contributed by atoms with Crippen molar-refractivity contribution in [3.05, 3.63) is 0 Å². The Bertz CT molecular complexity index is 93.6. The van der Waals surface area contributed by atoms with E-state index in [1.165, 1.54) is 6.42 Å². The van der Waals surface area contributed by atoms with Gasteiger partial charge in [0.25, 0.3) is 0 Å². The van der Waals surface area contributed by atoms with Crippen LogP contribution < -0.4 is 0 Å². The zero-order chi connectivity index (χ0) is 7.98. The predicted molar refractivity (Wildman–Crippen MR) is 43.5 cm³/mol. The summed E-state index contributed by atoms with van der Waals surface area (Å²) < 4.78 is 0. The molecule has 0 amide bonds. The molecule has 0 heterocycles. The third kappa shape index (κ3) is 8.68. The Morgan fingerprint density at radius 2 is 1.82 bits per heavy atom. The first-order valence-electron chi connectivity index (χ1n) is 4.05. The number of hydrogen-bond donors (Lipinski definition) is 0. The maximum Gasteiger partial charge on any atom is 0 e. The average molecular weight is 230 g/mol. The van der Waals surface area contributed by atoms with Crippen LogP contribution in [0.3, 0.4) is 0 Å². The van der Waals surface area contributed by atoms with Crippen LogP contribution >= 0.6 is 0 Å². The molecule has 0 aromatic rings. The van der Waals surface area contributed by atoms with Crippen LogP contribution in [0.15, 0.2) is 0 Å². The molecule has 1 radical (unpaired) electrons. The first-order chi connectivity index (χ1) is 4.70. The average Bonchev–Trinajstić information content (AvgIpc) is 1.88. The zero-order valence-corrected chi connectivity index (χ0v) is 10.6. The molecule has 0 spiro atoms. The van der Waals surface area contributed by atoms with Crippen molar-refractivity contribution in [2.45, 2.75) is 40.0 Å². The van der Waals surface area contributed by atoms with Crippen molar-refractivity contribution in [2.24, 2.45) is 11.8 Å². The zero-order valence-electron chi connectivity index (χ0n) is 7.76. The third-order valence-electron chi connectivity index (χ3n) is 1.93. The predicted octanol–water partition coefficient (Wildman–Crippen LogP) is 2.56. The number of hydrogen-bond acceptors (Lipinski definition) is 1. The maximum absolute atomic E-state index is 9.96. The summed E-state index contributed by atoms with van der Waals surface area (Å²) >= 11 is 0. The molecule has 0 saturated heterocycles. The van der Waals surface area contributed by atoms with Crippen LogP contribution in [-0.4, -0.2) is 6.29 Å². The largest absolute Gasteiger partial charge is 0.542 e. The fourth-order valence-electron chi connectivity index (χ4n) is 1.08. The minimum Gasteiger partial charge on any atom is -0.542 e. The van der Waals surface area contributed by atoms with Gasteiger partial charge >= 0.3 is 0 Å². The van der Waals surface area contributed by atoms with Crippen molar-refractivity contribution in [3.8, 4) is 0 Å². The van der Waals surface area contributed by atoms with Crippen LogP contribution in [0.25, 0.3) is 0 Å². The molecule has 0 aromatic carbocycles. The normalized spacial score (nSPS) is 14.8. The van der Waals surface area contributed by atoms with Crippen LogP contribution in [0.5, 0.6) is 0 Å². The van der Waals surface area contributed by atoms with Gasteiger partial charge in [-0.2, -0.15) is 0 Å². The Morgan fingerprint density at radius 1 is 1.27 bits per heavy atom. The summed E-state index contributed by atoms with van der Waals surface area (Å²) in [5.74, 6) is 1.27. The Morgan fingerprint density at radius 3 is 2.18 bits per heavy atom.